The molecule has 2 heterocycles. The summed E-state index contributed by atoms with van der Waals surface area (Å²) in [4.78, 5) is 14.8. The van der Waals surface area contributed by atoms with Crippen molar-refractivity contribution in [1.29, 1.82) is 0 Å². The molecule has 1 saturated heterocycles. The van der Waals surface area contributed by atoms with Crippen LogP contribution in [-0.4, -0.2) is 54.9 Å². The molecular formula is C14H22N2O3S. The molecule has 1 aliphatic rings. The van der Waals surface area contributed by atoms with Crippen LogP contribution in [0.2, 0.25) is 0 Å². The summed E-state index contributed by atoms with van der Waals surface area (Å²) in [6.45, 7) is 9.45. The maximum absolute atomic E-state index is 10.9. The van der Waals surface area contributed by atoms with Gasteiger partial charge in [-0.25, -0.2) is 4.79 Å². The zero-order valence-electron chi connectivity index (χ0n) is 12.0. The first-order valence-electron chi connectivity index (χ1n) is 6.97. The zero-order valence-corrected chi connectivity index (χ0v) is 12.8. The second kappa shape index (κ2) is 7.17. The van der Waals surface area contributed by atoms with Crippen molar-refractivity contribution < 1.29 is 14.6 Å². The van der Waals surface area contributed by atoms with Crippen LogP contribution in [0.15, 0.2) is 6.07 Å². The molecule has 0 aliphatic carbocycles. The number of rotatable bonds is 6. The number of carboxylic acid groups (broad SMARTS) is 1. The molecule has 1 fully saturated rings. The van der Waals surface area contributed by atoms with Gasteiger partial charge in [-0.3, -0.25) is 4.90 Å². The number of nitrogens with one attached hydrogen (secondary N) is 1. The number of ether oxygens (including phenoxy) is 1. The minimum atomic E-state index is -0.849. The van der Waals surface area contributed by atoms with E-state index in [0.29, 0.717) is 11.4 Å². The molecular weight excluding hydrogens is 276 g/mol. The SMILES string of the molecule is CCN1CCOC(CNCc2cc(C(=O)O)sc2C)C1. The van der Waals surface area contributed by atoms with E-state index in [4.69, 9.17) is 9.84 Å². The third kappa shape index (κ3) is 4.02. The van der Waals surface area contributed by atoms with Gasteiger partial charge in [-0.2, -0.15) is 0 Å². The van der Waals surface area contributed by atoms with Crippen LogP contribution in [0, 0.1) is 6.92 Å². The number of carbonyl (C=O) groups is 1. The van der Waals surface area contributed by atoms with Crippen LogP contribution in [-0.2, 0) is 11.3 Å². The summed E-state index contributed by atoms with van der Waals surface area (Å²) in [6.07, 6.45) is 0.224. The molecule has 1 aromatic rings. The molecule has 0 radical (unpaired) electrons. The highest BCUT2D eigenvalue weighted by Gasteiger charge is 2.19. The lowest BCUT2D eigenvalue weighted by Crippen LogP contribution is -2.46. The average molecular weight is 298 g/mol. The fourth-order valence-corrected chi connectivity index (χ4v) is 3.24. The second-order valence-electron chi connectivity index (χ2n) is 5.01. The molecule has 2 N–H and O–H groups in total. The summed E-state index contributed by atoms with van der Waals surface area (Å²) in [6, 6.07) is 1.76. The Balaban J connectivity index is 1.79. The molecule has 0 bridgehead atoms. The smallest absolute Gasteiger partial charge is 0.345 e. The summed E-state index contributed by atoms with van der Waals surface area (Å²) in [5.41, 5.74) is 1.07. The highest BCUT2D eigenvalue weighted by atomic mass is 32.1. The normalized spacial score (nSPS) is 20.2. The fraction of sp³-hybridized carbons (Fsp3) is 0.643. The van der Waals surface area contributed by atoms with Gasteiger partial charge in [-0.05, 0) is 25.1 Å². The maximum atomic E-state index is 10.9. The molecule has 1 aliphatic heterocycles. The van der Waals surface area contributed by atoms with Crippen molar-refractivity contribution in [2.75, 3.05) is 32.8 Å². The molecule has 112 valence electrons. The number of hydrogen-bond acceptors (Lipinski definition) is 5. The summed E-state index contributed by atoms with van der Waals surface area (Å²) in [5, 5.41) is 12.3. The number of thiophene rings is 1. The van der Waals surface area contributed by atoms with Crippen LogP contribution in [0.1, 0.15) is 27.0 Å². The van der Waals surface area contributed by atoms with Gasteiger partial charge in [0.1, 0.15) is 4.88 Å². The number of nitrogens with zero attached hydrogens (tertiary/aromatic N) is 1. The van der Waals surface area contributed by atoms with Gasteiger partial charge >= 0.3 is 5.97 Å². The highest BCUT2D eigenvalue weighted by molar-refractivity contribution is 7.14. The molecule has 1 unspecified atom stereocenters. The van der Waals surface area contributed by atoms with E-state index in [1.54, 1.807) is 6.07 Å². The van der Waals surface area contributed by atoms with Gasteiger partial charge in [-0.15, -0.1) is 11.3 Å². The van der Waals surface area contributed by atoms with E-state index >= 15 is 0 Å². The third-order valence-corrected chi connectivity index (χ3v) is 4.67. The van der Waals surface area contributed by atoms with Gasteiger partial charge < -0.3 is 15.2 Å². The maximum Gasteiger partial charge on any atom is 0.345 e. The van der Waals surface area contributed by atoms with Crippen LogP contribution in [0.25, 0.3) is 0 Å². The minimum Gasteiger partial charge on any atom is -0.477 e. The number of morpholine rings is 1. The summed E-state index contributed by atoms with van der Waals surface area (Å²) >= 11 is 1.33. The number of aromatic carboxylic acids is 1. The van der Waals surface area contributed by atoms with E-state index in [-0.39, 0.29) is 6.10 Å². The monoisotopic (exact) mass is 298 g/mol. The van der Waals surface area contributed by atoms with E-state index < -0.39 is 5.97 Å². The number of aryl methyl sites for hydroxylation is 1. The first kappa shape index (κ1) is 15.4. The largest absolute Gasteiger partial charge is 0.477 e. The van der Waals surface area contributed by atoms with Gasteiger partial charge in [0, 0.05) is 31.1 Å². The lowest BCUT2D eigenvalue weighted by Gasteiger charge is -2.32. The third-order valence-electron chi connectivity index (χ3n) is 3.59. The Hall–Kier alpha value is -0.950. The molecule has 5 nitrogen and oxygen atoms in total. The van der Waals surface area contributed by atoms with E-state index in [9.17, 15) is 4.79 Å². The molecule has 0 spiro atoms. The molecule has 0 saturated carbocycles. The van der Waals surface area contributed by atoms with Crippen LogP contribution in [0.5, 0.6) is 0 Å². The second-order valence-corrected chi connectivity index (χ2v) is 6.27. The van der Waals surface area contributed by atoms with Gasteiger partial charge in [0.05, 0.1) is 12.7 Å². The Morgan fingerprint density at radius 2 is 2.45 bits per heavy atom. The highest BCUT2D eigenvalue weighted by Crippen LogP contribution is 2.21. The number of hydrogen-bond donors (Lipinski definition) is 2. The summed E-state index contributed by atoms with van der Waals surface area (Å²) < 4.78 is 5.73. The molecule has 6 heteroatoms. The van der Waals surface area contributed by atoms with Gasteiger partial charge in [0.2, 0.25) is 0 Å². The van der Waals surface area contributed by atoms with Crippen molar-refractivity contribution in [3.8, 4) is 0 Å². The van der Waals surface area contributed by atoms with Crippen LogP contribution in [0.4, 0.5) is 0 Å². The first-order valence-corrected chi connectivity index (χ1v) is 7.79. The van der Waals surface area contributed by atoms with Gasteiger partial charge in [-0.1, -0.05) is 6.92 Å². The minimum absolute atomic E-state index is 0.224. The van der Waals surface area contributed by atoms with E-state index in [1.165, 1.54) is 11.3 Å². The Morgan fingerprint density at radius 3 is 3.10 bits per heavy atom. The number of carboxylic acids is 1. The standard InChI is InChI=1S/C14H22N2O3S/c1-3-16-4-5-19-12(9-16)8-15-7-11-6-13(14(17)18)20-10(11)2/h6,12,15H,3-5,7-9H2,1-2H3,(H,17,18). The van der Waals surface area contributed by atoms with Crippen molar-refractivity contribution in [1.82, 2.24) is 10.2 Å². The Morgan fingerprint density at radius 1 is 1.65 bits per heavy atom. The van der Waals surface area contributed by atoms with E-state index in [1.807, 2.05) is 6.92 Å². The van der Waals surface area contributed by atoms with Crippen molar-refractivity contribution >= 4 is 17.3 Å². The van der Waals surface area contributed by atoms with Crippen LogP contribution in [0.3, 0.4) is 0 Å². The molecule has 0 amide bonds. The van der Waals surface area contributed by atoms with Crippen molar-refractivity contribution in [2.45, 2.75) is 26.5 Å². The predicted molar refractivity (Wildman–Crippen MR) is 79.6 cm³/mol. The number of likely N-dealkylation sites (N-methyl/N-ethyl adjacent to an activating group) is 1. The first-order chi connectivity index (χ1) is 9.60. The molecule has 2 rings (SSSR count). The Labute approximate surface area is 123 Å². The van der Waals surface area contributed by atoms with Crippen LogP contribution < -0.4 is 5.32 Å². The topological polar surface area (TPSA) is 61.8 Å². The van der Waals surface area contributed by atoms with Crippen LogP contribution >= 0.6 is 11.3 Å². The van der Waals surface area contributed by atoms with E-state index in [2.05, 4.69) is 17.1 Å². The molecule has 0 aromatic carbocycles. The lowest BCUT2D eigenvalue weighted by atomic mass is 10.2. The van der Waals surface area contributed by atoms with Gasteiger partial charge in [0.25, 0.3) is 0 Å². The Bertz CT molecular complexity index is 461. The molecule has 20 heavy (non-hydrogen) atoms. The van der Waals surface area contributed by atoms with Crippen molar-refractivity contribution in [3.63, 3.8) is 0 Å². The van der Waals surface area contributed by atoms with Crippen molar-refractivity contribution in [3.05, 3.63) is 21.4 Å². The molecule has 1 atom stereocenters. The fourth-order valence-electron chi connectivity index (χ4n) is 2.36. The zero-order chi connectivity index (χ0) is 14.5. The lowest BCUT2D eigenvalue weighted by molar-refractivity contribution is -0.0253. The Kier molecular flexibility index (Phi) is 5.54. The van der Waals surface area contributed by atoms with Gasteiger partial charge in [0.15, 0.2) is 0 Å². The summed E-state index contributed by atoms with van der Waals surface area (Å²) in [7, 11) is 0. The quantitative estimate of drug-likeness (QED) is 0.834. The van der Waals surface area contributed by atoms with E-state index in [0.717, 1.165) is 43.2 Å². The summed E-state index contributed by atoms with van der Waals surface area (Å²) in [5.74, 6) is -0.849. The predicted octanol–water partition coefficient (Wildman–Crippen LogP) is 1.57. The average Bonchev–Trinajstić information content (AvgIpc) is 2.81. The molecule has 1 aromatic heterocycles. The van der Waals surface area contributed by atoms with Crippen molar-refractivity contribution in [2.24, 2.45) is 0 Å².